The van der Waals surface area contributed by atoms with Gasteiger partial charge in [0.25, 0.3) is 0 Å². The number of amides is 1. The van der Waals surface area contributed by atoms with E-state index in [0.29, 0.717) is 0 Å². The van der Waals surface area contributed by atoms with Gasteiger partial charge >= 0.3 is 0 Å². The van der Waals surface area contributed by atoms with Gasteiger partial charge in [0, 0.05) is 25.0 Å². The standard InChI is InChI=1S/C17H22N4O/c1-13(20-15-8-4-5-10-18-17(15)22)14-7-2-3-9-16(14)21-12-6-11-19-21/h2-3,6-7,9,11-13,15,20H,4-5,8,10H2,1H3,(H,18,22)/t13-,15+/m1/s1. The van der Waals surface area contributed by atoms with Crippen molar-refractivity contribution in [1.29, 1.82) is 0 Å². The molecule has 1 saturated heterocycles. The van der Waals surface area contributed by atoms with Crippen molar-refractivity contribution in [1.82, 2.24) is 20.4 Å². The molecule has 1 aromatic carbocycles. The fraction of sp³-hybridized carbons (Fsp3) is 0.412. The summed E-state index contributed by atoms with van der Waals surface area (Å²) in [7, 11) is 0. The fourth-order valence-electron chi connectivity index (χ4n) is 2.96. The molecule has 2 heterocycles. The van der Waals surface area contributed by atoms with E-state index in [0.717, 1.165) is 37.1 Å². The van der Waals surface area contributed by atoms with Gasteiger partial charge in [-0.25, -0.2) is 4.68 Å². The smallest absolute Gasteiger partial charge is 0.237 e. The van der Waals surface area contributed by atoms with Crippen molar-refractivity contribution in [2.45, 2.75) is 38.3 Å². The summed E-state index contributed by atoms with van der Waals surface area (Å²) in [5, 5.41) is 10.8. The highest BCUT2D eigenvalue weighted by Gasteiger charge is 2.23. The van der Waals surface area contributed by atoms with E-state index in [1.807, 2.05) is 35.1 Å². The monoisotopic (exact) mass is 298 g/mol. The Morgan fingerprint density at radius 1 is 1.32 bits per heavy atom. The van der Waals surface area contributed by atoms with Gasteiger partial charge in [-0.3, -0.25) is 10.1 Å². The van der Waals surface area contributed by atoms with Crippen LogP contribution in [0, 0.1) is 0 Å². The van der Waals surface area contributed by atoms with Crippen molar-refractivity contribution in [3.8, 4) is 5.69 Å². The Kier molecular flexibility index (Phi) is 4.53. The molecule has 116 valence electrons. The first-order valence-electron chi connectivity index (χ1n) is 7.88. The van der Waals surface area contributed by atoms with Gasteiger partial charge in [-0.05, 0) is 43.9 Å². The van der Waals surface area contributed by atoms with Crippen molar-refractivity contribution in [3.05, 3.63) is 48.3 Å². The van der Waals surface area contributed by atoms with Gasteiger partial charge in [-0.2, -0.15) is 5.10 Å². The minimum Gasteiger partial charge on any atom is -0.355 e. The number of carbonyl (C=O) groups excluding carboxylic acids is 1. The van der Waals surface area contributed by atoms with Crippen LogP contribution in [0.25, 0.3) is 5.69 Å². The van der Waals surface area contributed by atoms with Gasteiger partial charge in [-0.1, -0.05) is 18.2 Å². The van der Waals surface area contributed by atoms with Gasteiger partial charge in [0.15, 0.2) is 0 Å². The number of nitrogens with zero attached hydrogens (tertiary/aromatic N) is 2. The van der Waals surface area contributed by atoms with Crippen molar-refractivity contribution >= 4 is 5.91 Å². The van der Waals surface area contributed by atoms with Crippen molar-refractivity contribution in [2.75, 3.05) is 6.54 Å². The van der Waals surface area contributed by atoms with Gasteiger partial charge in [0.05, 0.1) is 11.7 Å². The van der Waals surface area contributed by atoms with Gasteiger partial charge in [0.1, 0.15) is 0 Å². The molecular weight excluding hydrogens is 276 g/mol. The normalized spacial score (nSPS) is 20.2. The lowest BCUT2D eigenvalue weighted by Crippen LogP contribution is -2.43. The maximum atomic E-state index is 12.1. The molecule has 0 spiro atoms. The molecule has 0 bridgehead atoms. The highest BCUT2D eigenvalue weighted by molar-refractivity contribution is 5.82. The van der Waals surface area contributed by atoms with Crippen LogP contribution in [-0.2, 0) is 4.79 Å². The highest BCUT2D eigenvalue weighted by Crippen LogP contribution is 2.22. The second-order valence-electron chi connectivity index (χ2n) is 5.74. The SMILES string of the molecule is C[C@@H](N[C@H]1CCCCNC1=O)c1ccccc1-n1cccn1. The minimum absolute atomic E-state index is 0.0780. The van der Waals surface area contributed by atoms with Gasteiger partial charge < -0.3 is 5.32 Å². The first kappa shape index (κ1) is 14.8. The Morgan fingerprint density at radius 3 is 3.00 bits per heavy atom. The van der Waals surface area contributed by atoms with E-state index in [1.165, 1.54) is 0 Å². The molecule has 5 nitrogen and oxygen atoms in total. The number of benzene rings is 1. The second kappa shape index (κ2) is 6.75. The summed E-state index contributed by atoms with van der Waals surface area (Å²) in [5.74, 6) is 0.112. The van der Waals surface area contributed by atoms with Crippen molar-refractivity contribution in [3.63, 3.8) is 0 Å². The van der Waals surface area contributed by atoms with E-state index in [-0.39, 0.29) is 18.0 Å². The number of hydrogen-bond acceptors (Lipinski definition) is 3. The molecule has 0 unspecified atom stereocenters. The van der Waals surface area contributed by atoms with Gasteiger partial charge in [0.2, 0.25) is 5.91 Å². The van der Waals surface area contributed by atoms with Crippen LogP contribution in [0.1, 0.15) is 37.8 Å². The first-order valence-corrected chi connectivity index (χ1v) is 7.88. The number of nitrogens with one attached hydrogen (secondary N) is 2. The quantitative estimate of drug-likeness (QED) is 0.909. The summed E-state index contributed by atoms with van der Waals surface area (Å²) in [4.78, 5) is 12.1. The largest absolute Gasteiger partial charge is 0.355 e. The third-order valence-electron chi connectivity index (χ3n) is 4.14. The zero-order valence-corrected chi connectivity index (χ0v) is 12.8. The van der Waals surface area contributed by atoms with E-state index in [2.05, 4.69) is 28.7 Å². The van der Waals surface area contributed by atoms with Crippen LogP contribution < -0.4 is 10.6 Å². The summed E-state index contributed by atoms with van der Waals surface area (Å²) in [6.45, 7) is 2.88. The van der Waals surface area contributed by atoms with Crippen LogP contribution in [0.4, 0.5) is 0 Å². The van der Waals surface area contributed by atoms with Crippen LogP contribution >= 0.6 is 0 Å². The van der Waals surface area contributed by atoms with Crippen molar-refractivity contribution < 1.29 is 4.79 Å². The zero-order chi connectivity index (χ0) is 15.4. The minimum atomic E-state index is -0.122. The average Bonchev–Trinajstić information content (AvgIpc) is 3.00. The summed E-state index contributed by atoms with van der Waals surface area (Å²) in [5.41, 5.74) is 2.18. The Labute approximate surface area is 130 Å². The summed E-state index contributed by atoms with van der Waals surface area (Å²) < 4.78 is 1.86. The van der Waals surface area contributed by atoms with Gasteiger partial charge in [-0.15, -0.1) is 0 Å². The number of carbonyl (C=O) groups is 1. The Hall–Kier alpha value is -2.14. The molecule has 0 aliphatic carbocycles. The fourth-order valence-corrected chi connectivity index (χ4v) is 2.96. The van der Waals surface area contributed by atoms with Crippen LogP contribution in [0.2, 0.25) is 0 Å². The molecule has 0 saturated carbocycles. The van der Waals surface area contributed by atoms with E-state index in [4.69, 9.17) is 0 Å². The third-order valence-corrected chi connectivity index (χ3v) is 4.14. The summed E-state index contributed by atoms with van der Waals surface area (Å²) >= 11 is 0. The summed E-state index contributed by atoms with van der Waals surface area (Å²) in [6.07, 6.45) is 6.73. The van der Waals surface area contributed by atoms with Crippen LogP contribution in [0.3, 0.4) is 0 Å². The highest BCUT2D eigenvalue weighted by atomic mass is 16.2. The number of rotatable bonds is 4. The molecule has 5 heteroatoms. The molecule has 1 amide bonds. The molecule has 2 atom stereocenters. The number of aromatic nitrogens is 2. The van der Waals surface area contributed by atoms with Crippen LogP contribution in [0.15, 0.2) is 42.7 Å². The lowest BCUT2D eigenvalue weighted by molar-refractivity contribution is -0.123. The Balaban J connectivity index is 1.80. The molecule has 0 radical (unpaired) electrons. The molecule has 3 rings (SSSR count). The summed E-state index contributed by atoms with van der Waals surface area (Å²) in [6, 6.07) is 10.0. The molecule has 1 aromatic heterocycles. The lowest BCUT2D eigenvalue weighted by Gasteiger charge is -2.23. The molecule has 2 aromatic rings. The predicted octanol–water partition coefficient (Wildman–Crippen LogP) is 2.19. The lowest BCUT2D eigenvalue weighted by atomic mass is 10.0. The Morgan fingerprint density at radius 2 is 2.18 bits per heavy atom. The molecule has 1 aliphatic rings. The molecule has 1 fully saturated rings. The zero-order valence-electron chi connectivity index (χ0n) is 12.8. The maximum Gasteiger partial charge on any atom is 0.237 e. The molecular formula is C17H22N4O. The van der Waals surface area contributed by atoms with E-state index in [1.54, 1.807) is 6.20 Å². The van der Waals surface area contributed by atoms with Crippen LogP contribution in [0.5, 0.6) is 0 Å². The first-order chi connectivity index (χ1) is 10.8. The molecule has 1 aliphatic heterocycles. The van der Waals surface area contributed by atoms with E-state index < -0.39 is 0 Å². The van der Waals surface area contributed by atoms with E-state index in [9.17, 15) is 4.79 Å². The maximum absolute atomic E-state index is 12.1. The van der Waals surface area contributed by atoms with E-state index >= 15 is 0 Å². The Bertz CT molecular complexity index is 623. The number of hydrogen-bond donors (Lipinski definition) is 2. The topological polar surface area (TPSA) is 58.9 Å². The third kappa shape index (κ3) is 3.20. The second-order valence-corrected chi connectivity index (χ2v) is 5.74. The predicted molar refractivity (Wildman–Crippen MR) is 85.8 cm³/mol. The van der Waals surface area contributed by atoms with Crippen molar-refractivity contribution in [2.24, 2.45) is 0 Å². The average molecular weight is 298 g/mol. The number of para-hydroxylation sites is 1. The molecule has 2 N–H and O–H groups in total. The molecule has 22 heavy (non-hydrogen) atoms. The van der Waals surface area contributed by atoms with Crippen LogP contribution in [-0.4, -0.2) is 28.3 Å².